The highest BCUT2D eigenvalue weighted by Gasteiger charge is 2.17. The number of benzene rings is 1. The third kappa shape index (κ3) is 10.5. The molecule has 1 aromatic rings. The van der Waals surface area contributed by atoms with Crippen molar-refractivity contribution in [2.45, 2.75) is 78.1 Å². The van der Waals surface area contributed by atoms with E-state index in [1.54, 1.807) is 0 Å². The second-order valence-electron chi connectivity index (χ2n) is 9.52. The molecular weight excluding hydrogens is 438 g/mol. The van der Waals surface area contributed by atoms with Gasteiger partial charge in [-0.1, -0.05) is 55.0 Å². The summed E-state index contributed by atoms with van der Waals surface area (Å²) in [6, 6.07) is 0. The van der Waals surface area contributed by atoms with E-state index in [-0.39, 0.29) is 29.9 Å². The van der Waals surface area contributed by atoms with Crippen LogP contribution >= 0.6 is 0 Å². The molecule has 3 N–H and O–H groups in total. The second kappa shape index (κ2) is 16.4. The summed E-state index contributed by atoms with van der Waals surface area (Å²) in [6.45, 7) is 5.81. The van der Waals surface area contributed by atoms with E-state index >= 15 is 0 Å². The van der Waals surface area contributed by atoms with Crippen LogP contribution in [0.2, 0.25) is 0 Å². The summed E-state index contributed by atoms with van der Waals surface area (Å²) < 4.78 is 0. The highest BCUT2D eigenvalue weighted by Crippen LogP contribution is 2.08. The largest absolute Gasteiger partial charge is 0.509 e. The Morgan fingerprint density at radius 3 is 1.97 bits per heavy atom. The Kier molecular flexibility index (Phi) is 14.4. The Morgan fingerprint density at radius 1 is 0.743 bits per heavy atom. The maximum atomic E-state index is 12.8. The summed E-state index contributed by atoms with van der Waals surface area (Å²) >= 11 is 0. The predicted molar refractivity (Wildman–Crippen MR) is 157 cm³/mol. The van der Waals surface area contributed by atoms with E-state index in [4.69, 9.17) is 0 Å². The Bertz CT molecular complexity index is 839. The summed E-state index contributed by atoms with van der Waals surface area (Å²) in [7, 11) is 7.49. The zero-order valence-electron chi connectivity index (χ0n) is 22.8. The predicted octanol–water partition coefficient (Wildman–Crippen LogP) is -2.75. The van der Waals surface area contributed by atoms with Crippen LogP contribution in [-0.4, -0.2) is 78.7 Å². The van der Waals surface area contributed by atoms with Gasteiger partial charge < -0.3 is 20.6 Å². The van der Waals surface area contributed by atoms with Crippen LogP contribution in [0.1, 0.15) is 78.1 Å². The molecule has 35 heavy (non-hydrogen) atoms. The first-order valence-electron chi connectivity index (χ1n) is 13.3. The molecule has 3 amide bonds. The van der Waals surface area contributed by atoms with Crippen LogP contribution in [0.3, 0.4) is 0 Å². The number of phenols is 1. The van der Waals surface area contributed by atoms with Crippen LogP contribution in [0, 0.1) is 0 Å². The van der Waals surface area contributed by atoms with Gasteiger partial charge in [0.2, 0.25) is 17.7 Å². The number of nitrogens with zero attached hydrogens (tertiary/aromatic N) is 1. The van der Waals surface area contributed by atoms with Gasteiger partial charge in [-0.3, -0.25) is 14.4 Å². The van der Waals surface area contributed by atoms with Crippen molar-refractivity contribution in [3.05, 3.63) is 0 Å². The van der Waals surface area contributed by atoms with Gasteiger partial charge in [-0.2, -0.15) is 0 Å². The zero-order valence-corrected chi connectivity index (χ0v) is 22.8. The van der Waals surface area contributed by atoms with Crippen LogP contribution in [0.25, 0.3) is 0 Å². The van der Waals surface area contributed by atoms with Crippen molar-refractivity contribution in [3.63, 3.8) is 0 Å². The Labute approximate surface area is 215 Å². The molecule has 0 unspecified atom stereocenters. The Morgan fingerprint density at radius 2 is 1.37 bits per heavy atom. The third-order valence-electron chi connectivity index (χ3n) is 6.71. The maximum absolute atomic E-state index is 12.8. The number of unbranched alkanes of at least 4 members (excludes halogenated alkanes) is 4. The standard InChI is InChI=1S/C24H43B4N3O4/c1-3-5-11-18(34)31(14-9-7-6-8-13-29-16(32)10-4-2)15-12-17(33)30-23-19(25)21(27)24(35)22(28)20(23)26/h35H,3-15,25-28H2,1-2H3,(H,29,32)(H,30,33). The number of amides is 3. The lowest BCUT2D eigenvalue weighted by atomic mass is 9.68. The molecule has 1 rings (SSSR count). The minimum Gasteiger partial charge on any atom is -0.509 e. The molecule has 0 saturated heterocycles. The highest BCUT2D eigenvalue weighted by molar-refractivity contribution is 6.61. The summed E-state index contributed by atoms with van der Waals surface area (Å²) in [5.41, 5.74) is 4.01. The molecule has 0 saturated carbocycles. The van der Waals surface area contributed by atoms with Crippen molar-refractivity contribution in [2.75, 3.05) is 25.0 Å². The fourth-order valence-corrected chi connectivity index (χ4v) is 4.09. The van der Waals surface area contributed by atoms with Crippen molar-refractivity contribution in [3.8, 4) is 5.75 Å². The van der Waals surface area contributed by atoms with Crippen molar-refractivity contribution in [1.29, 1.82) is 0 Å². The molecule has 0 heterocycles. The molecule has 11 heteroatoms. The van der Waals surface area contributed by atoms with Gasteiger partial charge in [-0.05, 0) is 25.7 Å². The first-order valence-corrected chi connectivity index (χ1v) is 13.3. The van der Waals surface area contributed by atoms with Gasteiger partial charge in [-0.15, -0.1) is 0 Å². The first kappa shape index (κ1) is 30.7. The monoisotopic (exact) mass is 481 g/mol. The lowest BCUT2D eigenvalue weighted by Gasteiger charge is -2.23. The van der Waals surface area contributed by atoms with E-state index in [1.165, 1.54) is 0 Å². The lowest BCUT2D eigenvalue weighted by molar-refractivity contribution is -0.132. The van der Waals surface area contributed by atoms with Crippen molar-refractivity contribution in [2.24, 2.45) is 0 Å². The van der Waals surface area contributed by atoms with Crippen LogP contribution in [-0.2, 0) is 14.4 Å². The quantitative estimate of drug-likeness (QED) is 0.136. The number of aromatic hydroxyl groups is 1. The summed E-state index contributed by atoms with van der Waals surface area (Å²) in [5.74, 6) is 0.363. The topological polar surface area (TPSA) is 98.7 Å². The minimum atomic E-state index is -0.128. The number of phenolic OH excluding ortho intramolecular Hbond substituents is 1. The smallest absolute Gasteiger partial charge is 0.226 e. The molecule has 0 atom stereocenters. The SMILES string of the molecule is Bc1c(B)c(NC(=O)CCN(CCCCCCNC(=O)CCC)C(=O)CCCC)c(B)c(B)c1O. The number of carbonyl (C=O) groups is 3. The van der Waals surface area contributed by atoms with Gasteiger partial charge in [0.1, 0.15) is 37.1 Å². The van der Waals surface area contributed by atoms with Crippen LogP contribution < -0.4 is 32.5 Å². The summed E-state index contributed by atoms with van der Waals surface area (Å²) in [4.78, 5) is 38.8. The number of hydrogen-bond donors (Lipinski definition) is 3. The van der Waals surface area contributed by atoms with Gasteiger partial charge in [0, 0.05) is 44.6 Å². The van der Waals surface area contributed by atoms with E-state index in [0.717, 1.165) is 72.5 Å². The second-order valence-corrected chi connectivity index (χ2v) is 9.52. The average Bonchev–Trinajstić information content (AvgIpc) is 2.84. The normalized spacial score (nSPS) is 10.7. The third-order valence-corrected chi connectivity index (χ3v) is 6.71. The maximum Gasteiger partial charge on any atom is 0.226 e. The minimum absolute atomic E-state index is 0.107. The average molecular weight is 481 g/mol. The molecule has 0 aliphatic rings. The number of carbonyl (C=O) groups excluding carboxylic acids is 3. The first-order chi connectivity index (χ1) is 16.6. The number of anilines is 1. The van der Waals surface area contributed by atoms with Crippen molar-refractivity contribution >= 4 is 76.6 Å². The van der Waals surface area contributed by atoms with E-state index in [1.807, 2.05) is 43.2 Å². The Balaban J connectivity index is 2.59. The molecule has 0 aliphatic carbocycles. The number of rotatable bonds is 16. The van der Waals surface area contributed by atoms with Crippen molar-refractivity contribution < 1.29 is 19.5 Å². The van der Waals surface area contributed by atoms with Crippen LogP contribution in [0.15, 0.2) is 0 Å². The summed E-state index contributed by atoms with van der Waals surface area (Å²) in [5, 5.41) is 16.2. The van der Waals surface area contributed by atoms with Gasteiger partial charge in [0.15, 0.2) is 0 Å². The molecule has 0 radical (unpaired) electrons. The fourth-order valence-electron chi connectivity index (χ4n) is 4.09. The molecular formula is C24H43B4N3O4. The molecule has 0 bridgehead atoms. The van der Waals surface area contributed by atoms with E-state index in [9.17, 15) is 19.5 Å². The molecule has 0 aliphatic heterocycles. The molecule has 1 aromatic carbocycles. The number of hydrogen-bond acceptors (Lipinski definition) is 4. The molecule has 190 valence electrons. The van der Waals surface area contributed by atoms with Crippen LogP contribution in [0.4, 0.5) is 5.69 Å². The molecule has 0 spiro atoms. The van der Waals surface area contributed by atoms with E-state index in [2.05, 4.69) is 17.6 Å². The lowest BCUT2D eigenvalue weighted by Crippen LogP contribution is -2.44. The van der Waals surface area contributed by atoms with Gasteiger partial charge in [-0.25, -0.2) is 0 Å². The van der Waals surface area contributed by atoms with E-state index in [0.29, 0.717) is 32.5 Å². The van der Waals surface area contributed by atoms with E-state index < -0.39 is 0 Å². The summed E-state index contributed by atoms with van der Waals surface area (Å²) in [6.07, 6.45) is 7.80. The van der Waals surface area contributed by atoms with Gasteiger partial charge in [0.25, 0.3) is 0 Å². The highest BCUT2D eigenvalue weighted by atomic mass is 16.3. The fraction of sp³-hybridized carbons (Fsp3) is 0.625. The van der Waals surface area contributed by atoms with Crippen molar-refractivity contribution in [1.82, 2.24) is 10.2 Å². The molecule has 0 fully saturated rings. The van der Waals surface area contributed by atoms with Gasteiger partial charge in [0.05, 0.1) is 0 Å². The zero-order chi connectivity index (χ0) is 26.4. The Hall–Kier alpha value is -2.31. The number of nitrogens with one attached hydrogen (secondary N) is 2. The van der Waals surface area contributed by atoms with Crippen LogP contribution in [0.5, 0.6) is 5.75 Å². The van der Waals surface area contributed by atoms with Gasteiger partial charge >= 0.3 is 0 Å². The molecule has 7 nitrogen and oxygen atoms in total. The molecule has 0 aromatic heterocycles.